The van der Waals surface area contributed by atoms with Gasteiger partial charge in [-0.05, 0) is 37.3 Å². The van der Waals surface area contributed by atoms with Crippen molar-refractivity contribution in [3.8, 4) is 0 Å². The molecule has 8 heteroatoms. The van der Waals surface area contributed by atoms with Gasteiger partial charge in [-0.3, -0.25) is 9.80 Å². The van der Waals surface area contributed by atoms with Crippen molar-refractivity contribution in [2.45, 2.75) is 24.9 Å². The van der Waals surface area contributed by atoms with Crippen LogP contribution in [0.1, 0.15) is 12.5 Å². The van der Waals surface area contributed by atoms with Gasteiger partial charge < -0.3 is 4.55 Å². The minimum absolute atomic E-state index is 0.178. The topological polar surface area (TPSA) is 90.7 Å². The fourth-order valence-corrected chi connectivity index (χ4v) is 3.96. The van der Waals surface area contributed by atoms with E-state index in [1.54, 1.807) is 12.1 Å². The molecule has 0 saturated heterocycles. The molecule has 4 rings (SSSR count). The third-order valence-corrected chi connectivity index (χ3v) is 5.95. The number of aryl methyl sites for hydroxylation is 1. The molecule has 0 amide bonds. The van der Waals surface area contributed by atoms with Crippen LogP contribution in [-0.2, 0) is 10.1 Å². The second kappa shape index (κ2) is 9.38. The Bertz CT molecular complexity index is 1140. The standard InChI is InChI=1S/C16H18N4.C7H8O3S/c1-4-10-19-12(3)20(11-5-2)16-15(19)17-13-8-6-7-9-14(13)18-16;1-6-2-4-7(5-3-6)11(8,9)10/h4-9,12H,1-2,10-11H2,3H3;2-5H,1H3,(H,8,9,10). The van der Waals surface area contributed by atoms with Gasteiger partial charge in [0, 0.05) is 13.5 Å². The van der Waals surface area contributed by atoms with E-state index in [0.717, 1.165) is 41.3 Å². The number of quaternary nitrogens is 1. The molecule has 0 fully saturated rings. The van der Waals surface area contributed by atoms with Crippen molar-refractivity contribution in [3.05, 3.63) is 79.4 Å². The van der Waals surface area contributed by atoms with Crippen molar-refractivity contribution in [2.24, 2.45) is 0 Å². The summed E-state index contributed by atoms with van der Waals surface area (Å²) in [6, 6.07) is 13.8. The number of nitrogens with one attached hydrogen (secondary N) is 1. The Labute approximate surface area is 183 Å². The van der Waals surface area contributed by atoms with Crippen LogP contribution in [0.15, 0.2) is 78.7 Å². The Morgan fingerprint density at radius 2 is 1.68 bits per heavy atom. The summed E-state index contributed by atoms with van der Waals surface area (Å²) >= 11 is 0. The molecule has 0 bridgehead atoms. The lowest BCUT2D eigenvalue weighted by atomic mass is 10.2. The van der Waals surface area contributed by atoms with Crippen LogP contribution < -0.4 is 9.80 Å². The number of nitrogens with zero attached hydrogens (tertiary/aromatic N) is 3. The normalized spacial score (nSPS) is 17.6. The second-order valence-corrected chi connectivity index (χ2v) is 8.67. The van der Waals surface area contributed by atoms with Crippen LogP contribution in [0.5, 0.6) is 0 Å². The highest BCUT2D eigenvalue weighted by atomic mass is 32.2. The van der Waals surface area contributed by atoms with E-state index in [4.69, 9.17) is 9.97 Å². The zero-order chi connectivity index (χ0) is 22.6. The average molecular weight is 439 g/mol. The van der Waals surface area contributed by atoms with Crippen LogP contribution in [0.3, 0.4) is 0 Å². The van der Waals surface area contributed by atoms with Crippen LogP contribution in [0.25, 0.3) is 11.0 Å². The van der Waals surface area contributed by atoms with Crippen molar-refractivity contribution in [3.63, 3.8) is 0 Å². The average Bonchev–Trinajstić information content (AvgIpc) is 2.98. The van der Waals surface area contributed by atoms with E-state index in [1.165, 1.54) is 17.0 Å². The molecule has 2 unspecified atom stereocenters. The summed E-state index contributed by atoms with van der Waals surface area (Å²) in [6.45, 7) is 13.3. The summed E-state index contributed by atoms with van der Waals surface area (Å²) < 4.78 is 31.2. The van der Waals surface area contributed by atoms with Crippen LogP contribution in [0.4, 0.5) is 11.6 Å². The number of rotatable bonds is 5. The quantitative estimate of drug-likeness (QED) is 0.486. The smallest absolute Gasteiger partial charge is 0.272 e. The van der Waals surface area contributed by atoms with Crippen LogP contribution >= 0.6 is 0 Å². The van der Waals surface area contributed by atoms with Crippen LogP contribution in [0.2, 0.25) is 0 Å². The molecule has 1 N–H and O–H groups in total. The third kappa shape index (κ3) is 4.99. The zero-order valence-corrected chi connectivity index (χ0v) is 18.5. The van der Waals surface area contributed by atoms with Crippen molar-refractivity contribution in [2.75, 3.05) is 18.0 Å². The SMILES string of the molecule is C=CCN1c2nc3ccccc3nc2[NH+](CC=C)C1C.Cc1ccc(S(=O)(=O)[O-])cc1. The molecule has 0 spiro atoms. The van der Waals surface area contributed by atoms with Crippen LogP contribution in [0, 0.1) is 6.92 Å². The van der Waals surface area contributed by atoms with E-state index < -0.39 is 10.1 Å². The van der Waals surface area contributed by atoms with Gasteiger partial charge in [0.2, 0.25) is 5.82 Å². The van der Waals surface area contributed by atoms with Gasteiger partial charge in [-0.2, -0.15) is 4.98 Å². The Hall–Kier alpha value is -3.07. The van der Waals surface area contributed by atoms with E-state index in [1.807, 2.05) is 43.3 Å². The first-order valence-corrected chi connectivity index (χ1v) is 11.3. The fraction of sp³-hybridized carbons (Fsp3) is 0.217. The summed E-state index contributed by atoms with van der Waals surface area (Å²) in [5, 5.41) is 0. The molecule has 0 saturated carbocycles. The van der Waals surface area contributed by atoms with Crippen molar-refractivity contribution < 1.29 is 17.9 Å². The third-order valence-electron chi connectivity index (χ3n) is 5.10. The van der Waals surface area contributed by atoms with Crippen LogP contribution in [-0.4, -0.2) is 42.2 Å². The highest BCUT2D eigenvalue weighted by molar-refractivity contribution is 7.85. The van der Waals surface area contributed by atoms with Gasteiger partial charge >= 0.3 is 0 Å². The van der Waals surface area contributed by atoms with Crippen molar-refractivity contribution >= 4 is 32.8 Å². The molecule has 162 valence electrons. The number of fused-ring (bicyclic) bond motifs is 2. The predicted octanol–water partition coefficient (Wildman–Crippen LogP) is 2.58. The fourth-order valence-electron chi connectivity index (χ4n) is 3.49. The molecule has 1 aromatic heterocycles. The maximum atomic E-state index is 10.4. The molecule has 1 aliphatic rings. The highest BCUT2D eigenvalue weighted by Gasteiger charge is 2.39. The Balaban J connectivity index is 0.000000210. The summed E-state index contributed by atoms with van der Waals surface area (Å²) in [5.41, 5.74) is 2.81. The van der Waals surface area contributed by atoms with Crippen molar-refractivity contribution in [1.29, 1.82) is 0 Å². The molecule has 2 heterocycles. The first-order chi connectivity index (χ1) is 14.8. The molecule has 2 atom stereocenters. The van der Waals surface area contributed by atoms with E-state index in [-0.39, 0.29) is 11.1 Å². The minimum atomic E-state index is -4.27. The molecule has 31 heavy (non-hydrogen) atoms. The number of para-hydroxylation sites is 2. The zero-order valence-electron chi connectivity index (χ0n) is 17.7. The molecule has 0 radical (unpaired) electrons. The van der Waals surface area contributed by atoms with Gasteiger partial charge in [0.05, 0.1) is 15.9 Å². The molecule has 1 aliphatic heterocycles. The molecule has 2 aromatic carbocycles. The molecular formula is C23H26N4O3S. The first kappa shape index (κ1) is 22.6. The molecular weight excluding hydrogens is 412 g/mol. The maximum absolute atomic E-state index is 10.4. The number of aromatic nitrogens is 2. The molecule has 0 aliphatic carbocycles. The molecule has 3 aromatic rings. The summed E-state index contributed by atoms with van der Waals surface area (Å²) in [6.07, 6.45) is 4.13. The van der Waals surface area contributed by atoms with Gasteiger partial charge in [0.15, 0.2) is 6.17 Å². The second-order valence-electron chi connectivity index (χ2n) is 7.29. The number of hydrogen-bond acceptors (Lipinski definition) is 6. The lowest BCUT2D eigenvalue weighted by molar-refractivity contribution is -0.847. The van der Waals surface area contributed by atoms with E-state index >= 15 is 0 Å². The minimum Gasteiger partial charge on any atom is -0.744 e. The number of hydrogen-bond donors (Lipinski definition) is 1. The van der Waals surface area contributed by atoms with E-state index in [9.17, 15) is 13.0 Å². The highest BCUT2D eigenvalue weighted by Crippen LogP contribution is 2.27. The van der Waals surface area contributed by atoms with Gasteiger partial charge in [-0.1, -0.05) is 42.5 Å². The van der Waals surface area contributed by atoms with Crippen molar-refractivity contribution in [1.82, 2.24) is 9.97 Å². The van der Waals surface area contributed by atoms with Gasteiger partial charge in [0.25, 0.3) is 5.82 Å². The molecule has 7 nitrogen and oxygen atoms in total. The Kier molecular flexibility index (Phi) is 6.84. The Morgan fingerprint density at radius 3 is 2.23 bits per heavy atom. The van der Waals surface area contributed by atoms with Gasteiger partial charge in [0.1, 0.15) is 16.7 Å². The summed E-state index contributed by atoms with van der Waals surface area (Å²) in [5.74, 6) is 1.98. The van der Waals surface area contributed by atoms with Gasteiger partial charge in [-0.15, -0.1) is 6.58 Å². The predicted molar refractivity (Wildman–Crippen MR) is 121 cm³/mol. The summed E-state index contributed by atoms with van der Waals surface area (Å²) in [7, 11) is -4.27. The summed E-state index contributed by atoms with van der Waals surface area (Å²) in [4.78, 5) is 13.0. The Morgan fingerprint density at radius 1 is 1.06 bits per heavy atom. The first-order valence-electron chi connectivity index (χ1n) is 9.90. The lowest BCUT2D eigenvalue weighted by Crippen LogP contribution is -3.10. The van der Waals surface area contributed by atoms with Gasteiger partial charge in [-0.25, -0.2) is 13.4 Å². The number of anilines is 1. The van der Waals surface area contributed by atoms with E-state index in [0.29, 0.717) is 0 Å². The monoisotopic (exact) mass is 438 g/mol. The largest absolute Gasteiger partial charge is 0.744 e. The number of benzene rings is 2. The lowest BCUT2D eigenvalue weighted by Gasteiger charge is -2.22. The maximum Gasteiger partial charge on any atom is 0.272 e. The van der Waals surface area contributed by atoms with E-state index in [2.05, 4.69) is 25.0 Å².